The molecular weight excluding hydrogens is 214 g/mol. The molecule has 1 aromatic heterocycles. The summed E-state index contributed by atoms with van der Waals surface area (Å²) in [5.74, 6) is 0.982. The predicted molar refractivity (Wildman–Crippen MR) is 68.9 cm³/mol. The SMILES string of the molecule is CCCNc1ncccc1CN1CCC(O)C1. The number of nitrogens with zero attached hydrogens (tertiary/aromatic N) is 2. The van der Waals surface area contributed by atoms with Gasteiger partial charge in [0.25, 0.3) is 0 Å². The van der Waals surface area contributed by atoms with Gasteiger partial charge in [-0.05, 0) is 18.9 Å². The highest BCUT2D eigenvalue weighted by Crippen LogP contribution is 2.17. The number of pyridine rings is 1. The highest BCUT2D eigenvalue weighted by molar-refractivity contribution is 5.43. The third kappa shape index (κ3) is 3.41. The molecule has 0 saturated carbocycles. The van der Waals surface area contributed by atoms with Crippen LogP contribution >= 0.6 is 0 Å². The maximum absolute atomic E-state index is 9.52. The van der Waals surface area contributed by atoms with Gasteiger partial charge in [-0.3, -0.25) is 4.90 Å². The van der Waals surface area contributed by atoms with Crippen molar-refractivity contribution in [2.24, 2.45) is 0 Å². The third-order valence-electron chi connectivity index (χ3n) is 3.08. The zero-order valence-electron chi connectivity index (χ0n) is 10.4. The van der Waals surface area contributed by atoms with E-state index in [1.54, 1.807) is 0 Å². The van der Waals surface area contributed by atoms with Crippen molar-refractivity contribution in [2.75, 3.05) is 25.0 Å². The molecule has 0 radical (unpaired) electrons. The lowest BCUT2D eigenvalue weighted by Gasteiger charge is -2.17. The van der Waals surface area contributed by atoms with Crippen molar-refractivity contribution in [3.05, 3.63) is 23.9 Å². The molecule has 1 atom stereocenters. The average molecular weight is 235 g/mol. The molecular formula is C13H21N3O. The molecule has 4 heteroatoms. The van der Waals surface area contributed by atoms with Crippen LogP contribution in [-0.4, -0.2) is 40.7 Å². The van der Waals surface area contributed by atoms with Gasteiger partial charge in [0, 0.05) is 37.9 Å². The Hall–Kier alpha value is -1.13. The van der Waals surface area contributed by atoms with Gasteiger partial charge in [0.15, 0.2) is 0 Å². The number of anilines is 1. The Kier molecular flexibility index (Phi) is 4.34. The molecule has 1 aliphatic rings. The summed E-state index contributed by atoms with van der Waals surface area (Å²) in [6.45, 7) is 5.72. The van der Waals surface area contributed by atoms with Gasteiger partial charge in [-0.2, -0.15) is 0 Å². The molecule has 2 rings (SSSR count). The summed E-state index contributed by atoms with van der Waals surface area (Å²) in [5, 5.41) is 12.9. The van der Waals surface area contributed by atoms with Crippen molar-refractivity contribution in [2.45, 2.75) is 32.4 Å². The molecule has 0 aliphatic carbocycles. The smallest absolute Gasteiger partial charge is 0.130 e. The minimum Gasteiger partial charge on any atom is -0.392 e. The Morgan fingerprint density at radius 3 is 3.18 bits per heavy atom. The lowest BCUT2D eigenvalue weighted by molar-refractivity contribution is 0.175. The number of β-amino-alcohol motifs (C(OH)–C–C–N with tert-alkyl or cyclic N) is 1. The van der Waals surface area contributed by atoms with Crippen LogP contribution in [0.5, 0.6) is 0 Å². The molecule has 0 spiro atoms. The van der Waals surface area contributed by atoms with Crippen LogP contribution in [-0.2, 0) is 6.54 Å². The number of aliphatic hydroxyl groups is 1. The first-order chi connectivity index (χ1) is 8.29. The van der Waals surface area contributed by atoms with E-state index in [0.29, 0.717) is 0 Å². The van der Waals surface area contributed by atoms with E-state index in [1.807, 2.05) is 12.3 Å². The molecule has 1 fully saturated rings. The number of rotatable bonds is 5. The van der Waals surface area contributed by atoms with Crippen LogP contribution in [0.2, 0.25) is 0 Å². The molecule has 4 nitrogen and oxygen atoms in total. The van der Waals surface area contributed by atoms with Crippen LogP contribution in [0.25, 0.3) is 0 Å². The van der Waals surface area contributed by atoms with Gasteiger partial charge in [-0.1, -0.05) is 13.0 Å². The van der Waals surface area contributed by atoms with Gasteiger partial charge in [-0.25, -0.2) is 4.98 Å². The molecule has 1 aliphatic heterocycles. The Bertz CT molecular complexity index is 356. The monoisotopic (exact) mass is 235 g/mol. The number of hydrogen-bond acceptors (Lipinski definition) is 4. The molecule has 0 bridgehead atoms. The van der Waals surface area contributed by atoms with Crippen LogP contribution in [0.3, 0.4) is 0 Å². The normalized spacial score (nSPS) is 20.7. The maximum Gasteiger partial charge on any atom is 0.130 e. The molecule has 1 saturated heterocycles. The molecule has 1 unspecified atom stereocenters. The predicted octanol–water partition coefficient (Wildman–Crippen LogP) is 1.47. The summed E-state index contributed by atoms with van der Waals surface area (Å²) < 4.78 is 0. The zero-order valence-corrected chi connectivity index (χ0v) is 10.4. The van der Waals surface area contributed by atoms with Gasteiger partial charge >= 0.3 is 0 Å². The van der Waals surface area contributed by atoms with Crippen LogP contribution in [0.4, 0.5) is 5.82 Å². The summed E-state index contributed by atoms with van der Waals surface area (Å²) in [4.78, 5) is 6.65. The van der Waals surface area contributed by atoms with E-state index in [4.69, 9.17) is 0 Å². The quantitative estimate of drug-likeness (QED) is 0.811. The van der Waals surface area contributed by atoms with E-state index >= 15 is 0 Å². The Labute approximate surface area is 103 Å². The van der Waals surface area contributed by atoms with Crippen molar-refractivity contribution < 1.29 is 5.11 Å². The van der Waals surface area contributed by atoms with Crippen molar-refractivity contribution in [1.82, 2.24) is 9.88 Å². The lowest BCUT2D eigenvalue weighted by Crippen LogP contribution is -2.22. The Balaban J connectivity index is 1.99. The zero-order chi connectivity index (χ0) is 12.1. The summed E-state index contributed by atoms with van der Waals surface area (Å²) in [6, 6.07) is 4.08. The molecule has 94 valence electrons. The standard InChI is InChI=1S/C13H21N3O/c1-2-6-14-13-11(4-3-7-15-13)9-16-8-5-12(17)10-16/h3-4,7,12,17H,2,5-6,8-10H2,1H3,(H,14,15). The summed E-state index contributed by atoms with van der Waals surface area (Å²) in [5.41, 5.74) is 1.22. The third-order valence-corrected chi connectivity index (χ3v) is 3.08. The fraction of sp³-hybridized carbons (Fsp3) is 0.615. The highest BCUT2D eigenvalue weighted by Gasteiger charge is 2.20. The minimum absolute atomic E-state index is 0.154. The largest absolute Gasteiger partial charge is 0.392 e. The van der Waals surface area contributed by atoms with Crippen molar-refractivity contribution in [3.63, 3.8) is 0 Å². The van der Waals surface area contributed by atoms with Crippen molar-refractivity contribution in [3.8, 4) is 0 Å². The van der Waals surface area contributed by atoms with E-state index in [0.717, 1.165) is 44.8 Å². The van der Waals surface area contributed by atoms with Gasteiger partial charge < -0.3 is 10.4 Å². The second-order valence-corrected chi connectivity index (χ2v) is 4.62. The van der Waals surface area contributed by atoms with Crippen molar-refractivity contribution in [1.29, 1.82) is 0 Å². The van der Waals surface area contributed by atoms with E-state index in [-0.39, 0.29) is 6.10 Å². The van der Waals surface area contributed by atoms with E-state index in [1.165, 1.54) is 5.56 Å². The maximum atomic E-state index is 9.52. The van der Waals surface area contributed by atoms with Crippen LogP contribution in [0, 0.1) is 0 Å². The number of aliphatic hydroxyl groups excluding tert-OH is 1. The Morgan fingerprint density at radius 1 is 1.59 bits per heavy atom. The summed E-state index contributed by atoms with van der Waals surface area (Å²) >= 11 is 0. The van der Waals surface area contributed by atoms with E-state index < -0.39 is 0 Å². The summed E-state index contributed by atoms with van der Waals surface area (Å²) in [6.07, 6.45) is 3.65. The van der Waals surface area contributed by atoms with Gasteiger partial charge in [-0.15, -0.1) is 0 Å². The van der Waals surface area contributed by atoms with Crippen LogP contribution < -0.4 is 5.32 Å². The number of aromatic nitrogens is 1. The molecule has 2 heterocycles. The number of likely N-dealkylation sites (tertiary alicyclic amines) is 1. The first-order valence-corrected chi connectivity index (χ1v) is 6.37. The molecule has 2 N–H and O–H groups in total. The first kappa shape index (κ1) is 12.3. The van der Waals surface area contributed by atoms with Crippen LogP contribution in [0.1, 0.15) is 25.3 Å². The second kappa shape index (κ2) is 5.98. The fourth-order valence-corrected chi connectivity index (χ4v) is 2.17. The summed E-state index contributed by atoms with van der Waals surface area (Å²) in [7, 11) is 0. The number of nitrogens with one attached hydrogen (secondary N) is 1. The van der Waals surface area contributed by atoms with E-state index in [2.05, 4.69) is 28.2 Å². The lowest BCUT2D eigenvalue weighted by atomic mass is 10.2. The topological polar surface area (TPSA) is 48.4 Å². The van der Waals surface area contributed by atoms with Gasteiger partial charge in [0.05, 0.1) is 6.10 Å². The second-order valence-electron chi connectivity index (χ2n) is 4.62. The molecule has 17 heavy (non-hydrogen) atoms. The van der Waals surface area contributed by atoms with Crippen LogP contribution in [0.15, 0.2) is 18.3 Å². The number of hydrogen-bond donors (Lipinski definition) is 2. The highest BCUT2D eigenvalue weighted by atomic mass is 16.3. The Morgan fingerprint density at radius 2 is 2.47 bits per heavy atom. The van der Waals surface area contributed by atoms with Gasteiger partial charge in [0.1, 0.15) is 5.82 Å². The molecule has 1 aromatic rings. The molecule has 0 amide bonds. The van der Waals surface area contributed by atoms with Gasteiger partial charge in [0.2, 0.25) is 0 Å². The average Bonchev–Trinajstić information content (AvgIpc) is 2.74. The van der Waals surface area contributed by atoms with E-state index in [9.17, 15) is 5.11 Å². The first-order valence-electron chi connectivity index (χ1n) is 6.37. The molecule has 0 aromatic carbocycles. The fourth-order valence-electron chi connectivity index (χ4n) is 2.17. The van der Waals surface area contributed by atoms with Crippen molar-refractivity contribution >= 4 is 5.82 Å². The minimum atomic E-state index is -0.154.